The molecule has 190 valence electrons. The van der Waals surface area contributed by atoms with Gasteiger partial charge in [0.15, 0.2) is 0 Å². The zero-order valence-corrected chi connectivity index (χ0v) is 21.3. The number of aliphatic hydroxyl groups is 1. The van der Waals surface area contributed by atoms with Crippen molar-refractivity contribution in [3.05, 3.63) is 36.4 Å². The summed E-state index contributed by atoms with van der Waals surface area (Å²) in [4.78, 5) is 26.6. The number of methoxy groups -OCH3 is 1. The second kappa shape index (κ2) is 9.76. The van der Waals surface area contributed by atoms with Crippen LogP contribution in [-0.4, -0.2) is 73.6 Å². The fourth-order valence-corrected chi connectivity index (χ4v) is 3.96. The van der Waals surface area contributed by atoms with Crippen LogP contribution in [0.4, 0.5) is 10.7 Å². The number of carbonyl (C=O) groups excluding carboxylic acids is 1. The van der Waals surface area contributed by atoms with Crippen LogP contribution < -0.4 is 5.73 Å². The predicted octanol–water partition coefficient (Wildman–Crippen LogP) is 2.69. The van der Waals surface area contributed by atoms with Crippen LogP contribution >= 0.6 is 0 Å². The molecule has 36 heavy (non-hydrogen) atoms. The van der Waals surface area contributed by atoms with Gasteiger partial charge in [0.25, 0.3) is 0 Å². The number of carbonyl (C=O) groups is 1. The van der Waals surface area contributed by atoms with Crippen molar-refractivity contribution in [1.29, 1.82) is 0 Å². The molecule has 3 aromatic rings. The molecule has 3 N–H and O–H groups in total. The summed E-state index contributed by atoms with van der Waals surface area (Å²) in [5.74, 6) is 5.97. The van der Waals surface area contributed by atoms with E-state index in [0.717, 1.165) is 16.5 Å². The number of hydrogen-bond acceptors (Lipinski definition) is 8. The molecule has 1 amide bonds. The number of nitrogen functional groups attached to an aromatic ring is 1. The summed E-state index contributed by atoms with van der Waals surface area (Å²) in [5, 5.41) is 11.9. The lowest BCUT2D eigenvalue weighted by Crippen LogP contribution is -2.58. The van der Waals surface area contributed by atoms with Gasteiger partial charge >= 0.3 is 6.09 Å². The average Bonchev–Trinajstić information content (AvgIpc) is 3.12. The topological polar surface area (TPSA) is 129 Å². The van der Waals surface area contributed by atoms with Gasteiger partial charge in [-0.15, -0.1) is 0 Å². The van der Waals surface area contributed by atoms with Crippen molar-refractivity contribution in [3.63, 3.8) is 0 Å². The fraction of sp³-hybridized carbons (Fsp3) is 0.462. The van der Waals surface area contributed by atoms with Gasteiger partial charge in [0.1, 0.15) is 16.9 Å². The summed E-state index contributed by atoms with van der Waals surface area (Å²) in [5.41, 5.74) is 6.95. The van der Waals surface area contributed by atoms with Crippen molar-refractivity contribution in [2.75, 3.05) is 32.5 Å². The first kappa shape index (κ1) is 25.4. The maximum absolute atomic E-state index is 12.2. The second-order valence-electron chi connectivity index (χ2n) is 10.1. The first-order valence-electron chi connectivity index (χ1n) is 11.8. The minimum absolute atomic E-state index is 0.184. The molecule has 10 heteroatoms. The Morgan fingerprint density at radius 2 is 2.03 bits per heavy atom. The van der Waals surface area contributed by atoms with Crippen molar-refractivity contribution >= 4 is 22.9 Å². The van der Waals surface area contributed by atoms with Gasteiger partial charge in [-0.1, -0.05) is 5.92 Å². The van der Waals surface area contributed by atoms with E-state index in [1.165, 1.54) is 0 Å². The summed E-state index contributed by atoms with van der Waals surface area (Å²) < 4.78 is 12.7. The molecule has 1 atom stereocenters. The molecule has 1 unspecified atom stereocenters. The second-order valence-corrected chi connectivity index (χ2v) is 10.1. The molecule has 0 aromatic carbocycles. The lowest BCUT2D eigenvalue weighted by Gasteiger charge is -2.44. The predicted molar refractivity (Wildman–Crippen MR) is 136 cm³/mol. The number of fused-ring (bicyclic) bond motifs is 1. The lowest BCUT2D eigenvalue weighted by atomic mass is 9.83. The standard InChI is InChI=1S/C26H32N6O4/c1-25(2,3)36-24(33)32-14-17(15-32)26(4,34)8-6-18-12-19-20(21-7-9-28-23(27)30-21)16-31(10-11-35-5)22(19)13-29-18/h7,9,12-13,16-17,34H,10-11,14-15H2,1-5H3,(H2,27,28,30). The minimum atomic E-state index is -1.29. The molecule has 4 heterocycles. The van der Waals surface area contributed by atoms with Gasteiger partial charge < -0.3 is 29.8 Å². The molecule has 1 fully saturated rings. The first-order valence-corrected chi connectivity index (χ1v) is 11.8. The van der Waals surface area contributed by atoms with Crippen molar-refractivity contribution in [3.8, 4) is 23.1 Å². The Kier molecular flexibility index (Phi) is 6.89. The Morgan fingerprint density at radius 3 is 2.69 bits per heavy atom. The van der Waals surface area contributed by atoms with Crippen LogP contribution in [0, 0.1) is 17.8 Å². The van der Waals surface area contributed by atoms with E-state index in [9.17, 15) is 9.90 Å². The molecule has 0 bridgehead atoms. The summed E-state index contributed by atoms with van der Waals surface area (Å²) >= 11 is 0. The number of hydrogen-bond donors (Lipinski definition) is 2. The maximum atomic E-state index is 12.2. The monoisotopic (exact) mass is 492 g/mol. The number of nitrogens with zero attached hydrogens (tertiary/aromatic N) is 5. The maximum Gasteiger partial charge on any atom is 0.410 e. The third-order valence-electron chi connectivity index (χ3n) is 6.03. The molecular weight excluding hydrogens is 460 g/mol. The quantitative estimate of drug-likeness (QED) is 0.520. The molecule has 3 aromatic heterocycles. The Hall–Kier alpha value is -3.68. The number of amides is 1. The highest BCUT2D eigenvalue weighted by atomic mass is 16.6. The van der Waals surface area contributed by atoms with E-state index in [1.54, 1.807) is 37.4 Å². The smallest absolute Gasteiger partial charge is 0.410 e. The number of pyridine rings is 1. The molecule has 1 aliphatic heterocycles. The fourth-order valence-electron chi connectivity index (χ4n) is 3.96. The molecule has 4 rings (SSSR count). The van der Waals surface area contributed by atoms with Crippen LogP contribution in [-0.2, 0) is 16.0 Å². The number of anilines is 1. The van der Waals surface area contributed by atoms with Crippen LogP contribution in [0.25, 0.3) is 22.2 Å². The van der Waals surface area contributed by atoms with Crippen molar-refractivity contribution in [2.45, 2.75) is 45.4 Å². The summed E-state index contributed by atoms with van der Waals surface area (Å²) in [7, 11) is 1.66. The number of nitrogens with two attached hydrogens (primary N) is 1. The van der Waals surface area contributed by atoms with E-state index in [2.05, 4.69) is 26.8 Å². The highest BCUT2D eigenvalue weighted by Crippen LogP contribution is 2.31. The van der Waals surface area contributed by atoms with Gasteiger partial charge in [-0.2, -0.15) is 0 Å². The van der Waals surface area contributed by atoms with E-state index in [4.69, 9.17) is 15.2 Å². The van der Waals surface area contributed by atoms with Gasteiger partial charge in [-0.3, -0.25) is 0 Å². The molecule has 1 aliphatic rings. The Morgan fingerprint density at radius 1 is 1.28 bits per heavy atom. The van der Waals surface area contributed by atoms with Crippen molar-refractivity contribution in [2.24, 2.45) is 5.92 Å². The molecule has 0 saturated carbocycles. The van der Waals surface area contributed by atoms with Crippen LogP contribution in [0.3, 0.4) is 0 Å². The van der Waals surface area contributed by atoms with Gasteiger partial charge in [-0.05, 0) is 45.7 Å². The molecule has 0 spiro atoms. The van der Waals surface area contributed by atoms with Gasteiger partial charge in [0, 0.05) is 56.0 Å². The van der Waals surface area contributed by atoms with Crippen molar-refractivity contribution in [1.82, 2.24) is 24.4 Å². The summed E-state index contributed by atoms with van der Waals surface area (Å²) in [6.45, 7) is 9.08. The Bertz CT molecular complexity index is 1330. The van der Waals surface area contributed by atoms with E-state index >= 15 is 0 Å². The van der Waals surface area contributed by atoms with Gasteiger partial charge in [-0.25, -0.2) is 19.7 Å². The molecular formula is C26H32N6O4. The highest BCUT2D eigenvalue weighted by molar-refractivity contribution is 5.95. The van der Waals surface area contributed by atoms with Crippen LogP contribution in [0.2, 0.25) is 0 Å². The van der Waals surface area contributed by atoms with Crippen LogP contribution in [0.1, 0.15) is 33.4 Å². The lowest BCUT2D eigenvalue weighted by molar-refractivity contribution is -0.0491. The minimum Gasteiger partial charge on any atom is -0.444 e. The molecule has 0 aliphatic carbocycles. The number of likely N-dealkylation sites (tertiary alicyclic amines) is 1. The summed E-state index contributed by atoms with van der Waals surface area (Å²) in [6, 6.07) is 3.68. The first-order chi connectivity index (χ1) is 17.0. The average molecular weight is 493 g/mol. The SMILES string of the molecule is COCCn1cc(-c2ccnc(N)n2)c2cc(C#CC(C)(O)C3CN(C(=O)OC(C)(C)C)C3)ncc21. The molecule has 0 radical (unpaired) electrons. The van der Waals surface area contributed by atoms with Crippen LogP contribution in [0.5, 0.6) is 0 Å². The highest BCUT2D eigenvalue weighted by Gasteiger charge is 2.43. The zero-order valence-electron chi connectivity index (χ0n) is 21.3. The normalized spacial score (nSPS) is 15.7. The number of rotatable bonds is 5. The van der Waals surface area contributed by atoms with E-state index in [1.807, 2.05) is 37.6 Å². The zero-order chi connectivity index (χ0) is 26.1. The van der Waals surface area contributed by atoms with Gasteiger partial charge in [0.2, 0.25) is 5.95 Å². The van der Waals surface area contributed by atoms with E-state index in [0.29, 0.717) is 37.6 Å². The largest absolute Gasteiger partial charge is 0.444 e. The number of aromatic nitrogens is 4. The van der Waals surface area contributed by atoms with E-state index < -0.39 is 11.2 Å². The molecule has 10 nitrogen and oxygen atoms in total. The third kappa shape index (κ3) is 5.58. The number of ether oxygens (including phenoxy) is 2. The van der Waals surface area contributed by atoms with E-state index in [-0.39, 0.29) is 18.0 Å². The van der Waals surface area contributed by atoms with Gasteiger partial charge in [0.05, 0.1) is 24.0 Å². The third-order valence-corrected chi connectivity index (χ3v) is 6.03. The van der Waals surface area contributed by atoms with Crippen molar-refractivity contribution < 1.29 is 19.4 Å². The molecule has 1 saturated heterocycles. The summed E-state index contributed by atoms with van der Waals surface area (Å²) in [6.07, 6.45) is 4.98. The van der Waals surface area contributed by atoms with Crippen LogP contribution in [0.15, 0.2) is 30.7 Å². The Labute approximate surface area is 210 Å². The Balaban J connectivity index is 1.57.